The van der Waals surface area contributed by atoms with Gasteiger partial charge in [-0.05, 0) is 43.4 Å². The van der Waals surface area contributed by atoms with E-state index in [-0.39, 0.29) is 12.2 Å². The normalized spacial score (nSPS) is 27.3. The number of rotatable bonds is 6. The van der Waals surface area contributed by atoms with Crippen LogP contribution in [-0.4, -0.2) is 83.2 Å². The maximum absolute atomic E-state index is 12.5. The topological polar surface area (TPSA) is 105 Å². The number of likely N-dealkylation sites (tertiary alicyclic amines) is 1. The van der Waals surface area contributed by atoms with Crippen LogP contribution in [0, 0.1) is 11.8 Å². The number of hydrogen-bond acceptors (Lipinski definition) is 8. The van der Waals surface area contributed by atoms with Gasteiger partial charge in [0.1, 0.15) is 17.7 Å². The van der Waals surface area contributed by atoms with Crippen molar-refractivity contribution in [3.05, 3.63) is 17.8 Å². The van der Waals surface area contributed by atoms with Gasteiger partial charge in [0, 0.05) is 63.1 Å². The summed E-state index contributed by atoms with van der Waals surface area (Å²) in [5.41, 5.74) is 2.07. The molecule has 190 valence electrons. The molecule has 6 rings (SSSR count). The summed E-state index contributed by atoms with van der Waals surface area (Å²) in [5, 5.41) is 15.3. The number of anilines is 2. The molecule has 2 aromatic heterocycles. The maximum atomic E-state index is 12.5. The summed E-state index contributed by atoms with van der Waals surface area (Å²) < 4.78 is 13.1. The zero-order valence-corrected chi connectivity index (χ0v) is 20.7. The lowest BCUT2D eigenvalue weighted by atomic mass is 10.0. The van der Waals surface area contributed by atoms with Gasteiger partial charge in [-0.2, -0.15) is 9.61 Å². The van der Waals surface area contributed by atoms with Gasteiger partial charge in [-0.1, -0.05) is 13.8 Å². The first-order valence-electron chi connectivity index (χ1n) is 13.2. The summed E-state index contributed by atoms with van der Waals surface area (Å²) in [6.07, 6.45) is 5.92. The summed E-state index contributed by atoms with van der Waals surface area (Å²) in [6.45, 7) is 9.09. The fourth-order valence-corrected chi connectivity index (χ4v) is 5.95. The van der Waals surface area contributed by atoms with E-state index in [2.05, 4.69) is 41.0 Å². The number of hydrogen-bond donors (Lipinski definition) is 3. The first kappa shape index (κ1) is 22.8. The predicted octanol–water partition coefficient (Wildman–Crippen LogP) is 2.67. The molecule has 2 aromatic rings. The molecule has 0 spiro atoms. The Morgan fingerprint density at radius 2 is 1.89 bits per heavy atom. The van der Waals surface area contributed by atoms with Gasteiger partial charge in [0.25, 0.3) is 0 Å². The third kappa shape index (κ3) is 4.65. The molecule has 0 bridgehead atoms. The van der Waals surface area contributed by atoms with Gasteiger partial charge in [-0.15, -0.1) is 0 Å². The third-order valence-electron chi connectivity index (χ3n) is 8.07. The summed E-state index contributed by atoms with van der Waals surface area (Å²) >= 11 is 0. The minimum atomic E-state index is -0.146. The van der Waals surface area contributed by atoms with E-state index in [1.807, 2.05) is 15.6 Å². The Morgan fingerprint density at radius 3 is 2.54 bits per heavy atom. The fourth-order valence-electron chi connectivity index (χ4n) is 5.95. The Hall–Kier alpha value is -2.59. The van der Waals surface area contributed by atoms with Crippen LogP contribution in [-0.2, 0) is 9.47 Å². The largest absolute Gasteiger partial charge is 0.443 e. The van der Waals surface area contributed by atoms with E-state index in [0.29, 0.717) is 29.8 Å². The summed E-state index contributed by atoms with van der Waals surface area (Å²) in [6, 6.07) is 2.83. The van der Waals surface area contributed by atoms with E-state index in [1.54, 1.807) is 0 Å². The molecule has 2 unspecified atom stereocenters. The van der Waals surface area contributed by atoms with Crippen LogP contribution in [0.3, 0.4) is 0 Å². The van der Waals surface area contributed by atoms with Crippen molar-refractivity contribution in [2.45, 2.75) is 63.6 Å². The molecule has 35 heavy (non-hydrogen) atoms. The molecule has 2 atom stereocenters. The molecule has 4 fully saturated rings. The molecule has 0 aromatic carbocycles. The average Bonchev–Trinajstić information content (AvgIpc) is 3.50. The molecule has 4 aliphatic rings. The van der Waals surface area contributed by atoms with Crippen molar-refractivity contribution in [2.24, 2.45) is 11.8 Å². The van der Waals surface area contributed by atoms with Crippen molar-refractivity contribution >= 4 is 23.4 Å². The standard InChI is InChI=1S/C25H37N7O3/c1-15(2)21-12-27-32-23(9-22(30-24(21)32)28-18-3-5-34-6-4-18)29-19-7-16-13-31(14-17(16)8-19)25(33)35-20-10-26-11-20/h9,12,15-20,26,29H,3-8,10-11,13-14H2,1-2H3,(H,28,30). The Bertz CT molecular complexity index is 1050. The molecule has 10 heteroatoms. The number of amides is 1. The number of nitrogens with zero attached hydrogens (tertiary/aromatic N) is 4. The monoisotopic (exact) mass is 483 g/mol. The van der Waals surface area contributed by atoms with Gasteiger partial charge in [0.15, 0.2) is 5.65 Å². The molecule has 1 aliphatic carbocycles. The molecule has 3 N–H and O–H groups in total. The number of nitrogens with one attached hydrogen (secondary N) is 3. The highest BCUT2D eigenvalue weighted by Crippen LogP contribution is 2.40. The van der Waals surface area contributed by atoms with E-state index in [1.165, 1.54) is 0 Å². The Labute approximate surface area is 206 Å². The average molecular weight is 484 g/mol. The Balaban J connectivity index is 1.15. The first-order valence-corrected chi connectivity index (χ1v) is 13.2. The van der Waals surface area contributed by atoms with E-state index in [0.717, 1.165) is 87.9 Å². The Morgan fingerprint density at radius 1 is 1.14 bits per heavy atom. The maximum Gasteiger partial charge on any atom is 0.410 e. The molecule has 1 saturated carbocycles. The molecule has 3 aliphatic heterocycles. The van der Waals surface area contributed by atoms with Crippen LogP contribution >= 0.6 is 0 Å². The quantitative estimate of drug-likeness (QED) is 0.576. The summed E-state index contributed by atoms with van der Waals surface area (Å²) in [7, 11) is 0. The van der Waals surface area contributed by atoms with Crippen molar-refractivity contribution in [2.75, 3.05) is 50.0 Å². The van der Waals surface area contributed by atoms with Crippen molar-refractivity contribution in [3.8, 4) is 0 Å². The van der Waals surface area contributed by atoms with E-state index >= 15 is 0 Å². The fraction of sp³-hybridized carbons (Fsp3) is 0.720. The zero-order valence-electron chi connectivity index (χ0n) is 20.7. The highest BCUT2D eigenvalue weighted by atomic mass is 16.6. The first-order chi connectivity index (χ1) is 17.0. The molecule has 3 saturated heterocycles. The van der Waals surface area contributed by atoms with Crippen LogP contribution in [0.2, 0.25) is 0 Å². The molecular formula is C25H37N7O3. The highest BCUT2D eigenvalue weighted by molar-refractivity contribution is 5.68. The number of fused-ring (bicyclic) bond motifs is 2. The van der Waals surface area contributed by atoms with Crippen molar-refractivity contribution in [3.63, 3.8) is 0 Å². The molecule has 1 amide bonds. The second kappa shape index (κ2) is 9.46. The van der Waals surface area contributed by atoms with E-state index < -0.39 is 0 Å². The van der Waals surface area contributed by atoms with Crippen LogP contribution in [0.4, 0.5) is 16.4 Å². The predicted molar refractivity (Wildman–Crippen MR) is 133 cm³/mol. The zero-order chi connectivity index (χ0) is 23.9. The van der Waals surface area contributed by atoms with Crippen LogP contribution in [0.5, 0.6) is 0 Å². The van der Waals surface area contributed by atoms with E-state index in [4.69, 9.17) is 14.5 Å². The van der Waals surface area contributed by atoms with Crippen molar-refractivity contribution in [1.29, 1.82) is 0 Å². The smallest absolute Gasteiger partial charge is 0.410 e. The van der Waals surface area contributed by atoms with Crippen molar-refractivity contribution in [1.82, 2.24) is 24.8 Å². The number of carbonyl (C=O) groups excluding carboxylic acids is 1. The van der Waals surface area contributed by atoms with Crippen LogP contribution in [0.1, 0.15) is 51.0 Å². The number of ether oxygens (including phenoxy) is 2. The molecule has 10 nitrogen and oxygen atoms in total. The van der Waals surface area contributed by atoms with Crippen molar-refractivity contribution < 1.29 is 14.3 Å². The Kier molecular flexibility index (Phi) is 6.18. The van der Waals surface area contributed by atoms with E-state index in [9.17, 15) is 4.79 Å². The summed E-state index contributed by atoms with van der Waals surface area (Å²) in [5.74, 6) is 3.25. The molecule has 0 radical (unpaired) electrons. The lowest BCUT2D eigenvalue weighted by Crippen LogP contribution is -2.51. The van der Waals surface area contributed by atoms with Gasteiger partial charge in [-0.25, -0.2) is 9.78 Å². The highest BCUT2D eigenvalue weighted by Gasteiger charge is 2.43. The molecule has 5 heterocycles. The SMILES string of the molecule is CC(C)c1cnn2c(NC3CC4CN(C(=O)OC5CNC5)CC4C3)cc(NC3CCOCC3)nc12. The van der Waals surface area contributed by atoms with Crippen LogP contribution in [0.15, 0.2) is 12.3 Å². The van der Waals surface area contributed by atoms with Gasteiger partial charge >= 0.3 is 6.09 Å². The van der Waals surface area contributed by atoms with Gasteiger partial charge in [-0.3, -0.25) is 0 Å². The lowest BCUT2D eigenvalue weighted by Gasteiger charge is -2.29. The summed E-state index contributed by atoms with van der Waals surface area (Å²) in [4.78, 5) is 19.3. The minimum absolute atomic E-state index is 0.0418. The second-order valence-electron chi connectivity index (χ2n) is 10.9. The minimum Gasteiger partial charge on any atom is -0.443 e. The van der Waals surface area contributed by atoms with Crippen LogP contribution < -0.4 is 16.0 Å². The third-order valence-corrected chi connectivity index (χ3v) is 8.07. The lowest BCUT2D eigenvalue weighted by molar-refractivity contribution is 0.0422. The second-order valence-corrected chi connectivity index (χ2v) is 10.9. The van der Waals surface area contributed by atoms with Gasteiger partial charge in [0.2, 0.25) is 0 Å². The number of carbonyl (C=O) groups is 1. The van der Waals surface area contributed by atoms with Crippen LogP contribution in [0.25, 0.3) is 5.65 Å². The number of aromatic nitrogens is 3. The van der Waals surface area contributed by atoms with Gasteiger partial charge in [0.05, 0.1) is 6.20 Å². The molecular weight excluding hydrogens is 446 g/mol. The van der Waals surface area contributed by atoms with Gasteiger partial charge < -0.3 is 30.3 Å².